The van der Waals surface area contributed by atoms with Crippen molar-refractivity contribution < 1.29 is 38.2 Å². The second-order valence-electron chi connectivity index (χ2n) is 12.4. The first-order chi connectivity index (χ1) is 23.5. The fourth-order valence-electron chi connectivity index (χ4n) is 5.57. The van der Waals surface area contributed by atoms with Crippen molar-refractivity contribution in [1.29, 1.82) is 0 Å². The summed E-state index contributed by atoms with van der Waals surface area (Å²) in [6.45, 7) is 5.52. The van der Waals surface area contributed by atoms with Crippen LogP contribution in [0.5, 0.6) is 0 Å². The Labute approximate surface area is 285 Å². The maximum absolute atomic E-state index is 14.1. The van der Waals surface area contributed by atoms with E-state index in [1.54, 1.807) is 26.8 Å². The van der Waals surface area contributed by atoms with E-state index in [-0.39, 0.29) is 25.5 Å². The van der Waals surface area contributed by atoms with Crippen molar-refractivity contribution >= 4 is 36.1 Å². The van der Waals surface area contributed by atoms with E-state index in [1.165, 1.54) is 12.0 Å². The highest BCUT2D eigenvalue weighted by molar-refractivity contribution is 5.98. The van der Waals surface area contributed by atoms with Crippen LogP contribution >= 0.6 is 0 Å². The van der Waals surface area contributed by atoms with Gasteiger partial charge in [-0.05, 0) is 56.4 Å². The molecule has 4 rings (SSSR count). The Morgan fingerprint density at radius 1 is 1.00 bits per heavy atom. The molecule has 1 saturated heterocycles. The van der Waals surface area contributed by atoms with E-state index in [2.05, 4.69) is 20.6 Å². The molecule has 1 aliphatic rings. The number of amidine groups is 1. The number of benzene rings is 3. The number of methoxy groups -OCH3 is 1. The average Bonchev–Trinajstić information content (AvgIpc) is 3.09. The van der Waals surface area contributed by atoms with E-state index in [1.807, 2.05) is 78.9 Å². The van der Waals surface area contributed by atoms with E-state index in [4.69, 9.17) is 19.9 Å². The van der Waals surface area contributed by atoms with Gasteiger partial charge in [0.1, 0.15) is 17.7 Å². The third-order valence-electron chi connectivity index (χ3n) is 7.84. The first-order valence-electron chi connectivity index (χ1n) is 15.9. The Bertz CT molecular complexity index is 1560. The molecule has 260 valence electrons. The number of anilines is 1. The quantitative estimate of drug-likeness (QED) is 0.0820. The number of alkyl carbamates (subject to hydrolysis) is 1. The molecule has 13 nitrogen and oxygen atoms in total. The molecule has 1 fully saturated rings. The minimum absolute atomic E-state index is 0.00107. The van der Waals surface area contributed by atoms with Gasteiger partial charge in [-0.2, -0.15) is 0 Å². The van der Waals surface area contributed by atoms with Gasteiger partial charge in [0.25, 0.3) is 0 Å². The molecule has 3 atom stereocenters. The summed E-state index contributed by atoms with van der Waals surface area (Å²) in [6, 6.07) is 24.5. The van der Waals surface area contributed by atoms with Crippen LogP contribution in [-0.2, 0) is 35.1 Å². The number of hydrogen-bond donors (Lipinski definition) is 3. The number of nitrogens with zero attached hydrogens (tertiary/aromatic N) is 2. The van der Waals surface area contributed by atoms with Gasteiger partial charge in [-0.25, -0.2) is 9.59 Å². The highest BCUT2D eigenvalue weighted by atomic mass is 16.7. The number of para-hydroxylation sites is 1. The Morgan fingerprint density at radius 3 is 2.20 bits per heavy atom. The largest absolute Gasteiger partial charge is 0.453 e. The number of nitrogens with one attached hydrogen (secondary N) is 2. The monoisotopic (exact) mass is 673 g/mol. The van der Waals surface area contributed by atoms with E-state index in [9.17, 15) is 19.2 Å². The van der Waals surface area contributed by atoms with Crippen molar-refractivity contribution in [2.75, 3.05) is 25.6 Å². The van der Waals surface area contributed by atoms with Crippen molar-refractivity contribution in [3.05, 3.63) is 102 Å². The van der Waals surface area contributed by atoms with Crippen molar-refractivity contribution in [2.45, 2.75) is 63.3 Å². The smallest absolute Gasteiger partial charge is 0.411 e. The standard InChI is InChI=1S/C36H43N5O8/c1-36(2,3)49-35(45)41-21-27(47-22-29(41)32(37)40-48-23-42)20-19-24-13-11-12-18-28(24)38-33(43)31(39-34(44)46-4)30(25-14-7-5-8-15-25)26-16-9-6-10-17-26/h5-18,23,27,29-31H,19-22H2,1-4H3,(H2,37,40)(H,38,43)(H,39,44)/t27-,29+,31+/m1/s1. The third-order valence-corrected chi connectivity index (χ3v) is 7.84. The molecule has 0 bridgehead atoms. The SMILES string of the molecule is COC(=O)N[C@H](C(=O)Nc1ccccc1CC[C@@H]1CN(C(=O)OC(C)(C)C)[C@H](C(N)=NOC=O)CO1)C(c1ccccc1)c1ccccc1. The lowest BCUT2D eigenvalue weighted by Gasteiger charge is -2.39. The summed E-state index contributed by atoms with van der Waals surface area (Å²) < 4.78 is 16.6. The molecule has 1 heterocycles. The molecule has 3 amide bonds. The summed E-state index contributed by atoms with van der Waals surface area (Å²) in [4.78, 5) is 56.3. The minimum atomic E-state index is -1.03. The topological polar surface area (TPSA) is 171 Å². The molecule has 0 saturated carbocycles. The molecule has 0 spiro atoms. The van der Waals surface area contributed by atoms with Gasteiger partial charge in [-0.15, -0.1) is 0 Å². The number of hydrogen-bond acceptors (Lipinski definition) is 9. The zero-order chi connectivity index (χ0) is 35.4. The van der Waals surface area contributed by atoms with Crippen molar-refractivity contribution in [1.82, 2.24) is 10.2 Å². The van der Waals surface area contributed by atoms with E-state index in [0.29, 0.717) is 18.5 Å². The van der Waals surface area contributed by atoms with Gasteiger partial charge < -0.3 is 35.4 Å². The predicted octanol–water partition coefficient (Wildman–Crippen LogP) is 4.56. The molecule has 4 N–H and O–H groups in total. The zero-order valence-corrected chi connectivity index (χ0v) is 28.0. The maximum atomic E-state index is 14.1. The summed E-state index contributed by atoms with van der Waals surface area (Å²) in [6.07, 6.45) is -0.820. The summed E-state index contributed by atoms with van der Waals surface area (Å²) in [5, 5.41) is 9.35. The number of ether oxygens (including phenoxy) is 3. The van der Waals surface area contributed by atoms with E-state index in [0.717, 1.165) is 16.7 Å². The fraction of sp³-hybridized carbons (Fsp3) is 0.361. The molecule has 0 radical (unpaired) electrons. The number of rotatable bonds is 12. The number of aryl methyl sites for hydroxylation is 1. The van der Waals surface area contributed by atoms with Crippen LogP contribution in [0.25, 0.3) is 0 Å². The van der Waals surface area contributed by atoms with Crippen LogP contribution < -0.4 is 16.4 Å². The first kappa shape index (κ1) is 36.4. The van der Waals surface area contributed by atoms with Gasteiger partial charge in [0.15, 0.2) is 5.84 Å². The predicted molar refractivity (Wildman–Crippen MR) is 183 cm³/mol. The van der Waals surface area contributed by atoms with Gasteiger partial charge in [0, 0.05) is 11.6 Å². The summed E-state index contributed by atoms with van der Waals surface area (Å²) in [7, 11) is 1.25. The minimum Gasteiger partial charge on any atom is -0.453 e. The van der Waals surface area contributed by atoms with Crippen molar-refractivity contribution in [3.8, 4) is 0 Å². The number of morpholine rings is 1. The second-order valence-corrected chi connectivity index (χ2v) is 12.4. The number of carbonyl (C=O) groups excluding carboxylic acids is 4. The Balaban J connectivity index is 1.54. The summed E-state index contributed by atoms with van der Waals surface area (Å²) in [5.41, 5.74) is 8.31. The third kappa shape index (κ3) is 10.3. The molecule has 3 aromatic carbocycles. The number of oxime groups is 1. The lowest BCUT2D eigenvalue weighted by atomic mass is 9.84. The fourth-order valence-corrected chi connectivity index (χ4v) is 5.57. The molecular weight excluding hydrogens is 630 g/mol. The highest BCUT2D eigenvalue weighted by Gasteiger charge is 2.38. The van der Waals surface area contributed by atoms with Gasteiger partial charge in [-0.1, -0.05) is 84.0 Å². The Hall–Kier alpha value is -5.43. The van der Waals surface area contributed by atoms with Gasteiger partial charge in [0.2, 0.25) is 5.91 Å². The van der Waals surface area contributed by atoms with Crippen LogP contribution in [-0.4, -0.2) is 79.4 Å². The molecule has 49 heavy (non-hydrogen) atoms. The lowest BCUT2D eigenvalue weighted by molar-refractivity contribution is -0.128. The first-order valence-corrected chi connectivity index (χ1v) is 15.9. The lowest BCUT2D eigenvalue weighted by Crippen LogP contribution is -2.58. The highest BCUT2D eigenvalue weighted by Crippen LogP contribution is 2.30. The van der Waals surface area contributed by atoms with Crippen molar-refractivity contribution in [2.24, 2.45) is 10.9 Å². The zero-order valence-electron chi connectivity index (χ0n) is 28.0. The van der Waals surface area contributed by atoms with Crippen molar-refractivity contribution in [3.63, 3.8) is 0 Å². The molecule has 13 heteroatoms. The van der Waals surface area contributed by atoms with Crippen LogP contribution in [0, 0.1) is 0 Å². The summed E-state index contributed by atoms with van der Waals surface area (Å²) in [5.74, 6) is -1.07. The molecule has 1 aliphatic heterocycles. The average molecular weight is 674 g/mol. The normalized spacial score (nSPS) is 17.1. The van der Waals surface area contributed by atoms with Crippen LogP contribution in [0.1, 0.15) is 49.8 Å². The molecular formula is C36H43N5O8. The number of carbonyl (C=O) groups is 4. The Kier molecular flexibility index (Phi) is 12.7. The van der Waals surface area contributed by atoms with Gasteiger partial charge >= 0.3 is 18.7 Å². The van der Waals surface area contributed by atoms with Gasteiger partial charge in [0.05, 0.1) is 26.4 Å². The molecule has 3 aromatic rings. The molecule has 0 aromatic heterocycles. The summed E-state index contributed by atoms with van der Waals surface area (Å²) >= 11 is 0. The van der Waals surface area contributed by atoms with Crippen LogP contribution in [0.15, 0.2) is 90.1 Å². The van der Waals surface area contributed by atoms with Crippen LogP contribution in [0.4, 0.5) is 15.3 Å². The Morgan fingerprint density at radius 2 is 1.61 bits per heavy atom. The van der Waals surface area contributed by atoms with Crippen LogP contribution in [0.2, 0.25) is 0 Å². The maximum Gasteiger partial charge on any atom is 0.411 e. The number of nitrogens with two attached hydrogens (primary N) is 1. The molecule has 0 aliphatic carbocycles. The van der Waals surface area contributed by atoms with Crippen LogP contribution in [0.3, 0.4) is 0 Å². The number of amides is 3. The van der Waals surface area contributed by atoms with E-state index < -0.39 is 47.8 Å². The van der Waals surface area contributed by atoms with Gasteiger partial charge in [-0.3, -0.25) is 14.5 Å². The second kappa shape index (κ2) is 17.1. The van der Waals surface area contributed by atoms with E-state index >= 15 is 0 Å². The molecule has 0 unspecified atom stereocenters.